The Bertz CT molecular complexity index is 1410. The normalized spacial score (nSPS) is 18.6. The molecule has 3 aromatic rings. The van der Waals surface area contributed by atoms with Crippen molar-refractivity contribution in [3.8, 4) is 0 Å². The molecule has 2 unspecified atom stereocenters. The fraction of sp³-hybridized carbons (Fsp3) is 0.160. The summed E-state index contributed by atoms with van der Waals surface area (Å²) in [4.78, 5) is 44.4. The van der Waals surface area contributed by atoms with E-state index in [1.807, 2.05) is 18.2 Å². The van der Waals surface area contributed by atoms with Crippen molar-refractivity contribution in [1.29, 1.82) is 0 Å². The third kappa shape index (κ3) is 5.86. The summed E-state index contributed by atoms with van der Waals surface area (Å²) >= 11 is 2.31. The lowest BCUT2D eigenvalue weighted by Crippen LogP contribution is -2.49. The second kappa shape index (κ2) is 11.3. The average molecular weight is 553 g/mol. The minimum Gasteiger partial charge on any atom is -0.325 e. The van der Waals surface area contributed by atoms with Crippen LogP contribution >= 0.6 is 23.5 Å². The number of nitrogens with zero attached hydrogens (tertiary/aromatic N) is 3. The maximum Gasteiger partial charge on any atom is 0.272 e. The molecular weight excluding hydrogens is 531 g/mol. The Hall–Kier alpha value is -3.78. The van der Waals surface area contributed by atoms with Gasteiger partial charge in [-0.25, -0.2) is 14.8 Å². The quantitative estimate of drug-likeness (QED) is 0.296. The largest absolute Gasteiger partial charge is 0.325 e. The van der Waals surface area contributed by atoms with Gasteiger partial charge in [-0.3, -0.25) is 30.0 Å². The van der Waals surface area contributed by atoms with E-state index < -0.39 is 17.0 Å². The van der Waals surface area contributed by atoms with Crippen molar-refractivity contribution in [2.45, 2.75) is 16.0 Å². The molecule has 194 valence electrons. The zero-order valence-corrected chi connectivity index (χ0v) is 21.3. The molecule has 3 N–H and O–H groups in total. The zero-order valence-electron chi connectivity index (χ0n) is 19.7. The van der Waals surface area contributed by atoms with E-state index in [1.54, 1.807) is 30.3 Å². The number of hydrogen-bond acceptors (Lipinski definition) is 9. The van der Waals surface area contributed by atoms with E-state index in [-0.39, 0.29) is 34.8 Å². The fourth-order valence-corrected chi connectivity index (χ4v) is 5.72. The molecular formula is C25H21FN6O4S2. The van der Waals surface area contributed by atoms with Crippen molar-refractivity contribution in [1.82, 2.24) is 10.9 Å². The molecule has 0 spiro atoms. The number of nitrogens with one attached hydrogen (secondary N) is 3. The number of hydrazine groups is 1. The van der Waals surface area contributed by atoms with Crippen LogP contribution in [-0.4, -0.2) is 40.4 Å². The molecule has 0 saturated carbocycles. The van der Waals surface area contributed by atoms with Crippen LogP contribution in [0.5, 0.6) is 0 Å². The van der Waals surface area contributed by atoms with E-state index >= 15 is 0 Å². The highest BCUT2D eigenvalue weighted by Crippen LogP contribution is 2.33. The van der Waals surface area contributed by atoms with Gasteiger partial charge in [-0.05, 0) is 42.5 Å². The lowest BCUT2D eigenvalue weighted by molar-refractivity contribution is -0.385. The molecule has 38 heavy (non-hydrogen) atoms. The van der Waals surface area contributed by atoms with Gasteiger partial charge in [0.05, 0.1) is 22.3 Å². The molecule has 3 aromatic carbocycles. The minimum absolute atomic E-state index is 0.0800. The smallest absolute Gasteiger partial charge is 0.272 e. The third-order valence-corrected chi connectivity index (χ3v) is 7.65. The van der Waals surface area contributed by atoms with Crippen LogP contribution in [-0.2, 0) is 9.59 Å². The van der Waals surface area contributed by atoms with Crippen LogP contribution in [0.25, 0.3) is 0 Å². The molecule has 13 heteroatoms. The predicted octanol–water partition coefficient (Wildman–Crippen LogP) is 4.01. The van der Waals surface area contributed by atoms with Gasteiger partial charge in [-0.1, -0.05) is 41.7 Å². The van der Waals surface area contributed by atoms with Crippen molar-refractivity contribution >= 4 is 57.6 Å². The van der Waals surface area contributed by atoms with Gasteiger partial charge in [0.1, 0.15) is 12.0 Å². The third-order valence-electron chi connectivity index (χ3n) is 5.71. The number of aliphatic imine (C=N–C) groups is 1. The number of nitro groups is 1. The molecule has 2 aliphatic heterocycles. The summed E-state index contributed by atoms with van der Waals surface area (Å²) in [5.41, 5.74) is 6.64. The van der Waals surface area contributed by atoms with Crippen LogP contribution in [0.4, 0.5) is 21.5 Å². The highest BCUT2D eigenvalue weighted by atomic mass is 32.2. The lowest BCUT2D eigenvalue weighted by atomic mass is 10.1. The first kappa shape index (κ1) is 25.9. The summed E-state index contributed by atoms with van der Waals surface area (Å²) < 4.78 is 13.2. The van der Waals surface area contributed by atoms with E-state index in [2.05, 4.69) is 21.2 Å². The van der Waals surface area contributed by atoms with Crippen LogP contribution in [0.2, 0.25) is 0 Å². The molecule has 0 bridgehead atoms. The molecule has 0 aliphatic carbocycles. The molecule has 2 heterocycles. The Morgan fingerprint density at radius 1 is 1.13 bits per heavy atom. The number of halogens is 1. The van der Waals surface area contributed by atoms with Crippen LogP contribution in [0.3, 0.4) is 0 Å². The van der Waals surface area contributed by atoms with Crippen molar-refractivity contribution in [3.63, 3.8) is 0 Å². The summed E-state index contributed by atoms with van der Waals surface area (Å²) in [5, 5.41) is 14.6. The SMILES string of the molecule is O=C(CSC1=NC2NNCC2C(=O)N1c1ccccc1)Nc1cc(Sc2ccc(F)cc2)cc([N+](=O)[O-])c1. The minimum atomic E-state index is -0.543. The van der Waals surface area contributed by atoms with Crippen molar-refractivity contribution in [3.05, 3.63) is 88.7 Å². The van der Waals surface area contributed by atoms with Gasteiger partial charge in [0.25, 0.3) is 5.69 Å². The second-order valence-electron chi connectivity index (χ2n) is 8.36. The Balaban J connectivity index is 1.31. The van der Waals surface area contributed by atoms with Crippen LogP contribution < -0.4 is 21.1 Å². The molecule has 2 aliphatic rings. The summed E-state index contributed by atoms with van der Waals surface area (Å²) in [5.74, 6) is -1.38. The first-order valence-corrected chi connectivity index (χ1v) is 13.3. The van der Waals surface area contributed by atoms with Crippen molar-refractivity contribution < 1.29 is 18.9 Å². The first-order chi connectivity index (χ1) is 18.4. The number of benzene rings is 3. The average Bonchev–Trinajstić information content (AvgIpc) is 3.38. The maximum absolute atomic E-state index is 13.2. The molecule has 2 amide bonds. The maximum atomic E-state index is 13.2. The Kier molecular flexibility index (Phi) is 7.69. The fourth-order valence-electron chi connectivity index (χ4n) is 3.97. The number of para-hydroxylation sites is 1. The summed E-state index contributed by atoms with van der Waals surface area (Å²) in [6.07, 6.45) is -0.434. The Morgan fingerprint density at radius 3 is 2.63 bits per heavy atom. The predicted molar refractivity (Wildman–Crippen MR) is 144 cm³/mol. The molecule has 1 fully saturated rings. The molecule has 5 rings (SSSR count). The highest BCUT2D eigenvalue weighted by Gasteiger charge is 2.42. The van der Waals surface area contributed by atoms with Gasteiger partial charge in [0.15, 0.2) is 5.17 Å². The number of hydrogen-bond donors (Lipinski definition) is 3. The van der Waals surface area contributed by atoms with E-state index in [0.29, 0.717) is 27.2 Å². The lowest BCUT2D eigenvalue weighted by Gasteiger charge is -2.32. The number of thioether (sulfide) groups is 1. The molecule has 0 radical (unpaired) electrons. The molecule has 0 aromatic heterocycles. The molecule has 1 saturated heterocycles. The van der Waals surface area contributed by atoms with E-state index in [0.717, 1.165) is 11.8 Å². The topological polar surface area (TPSA) is 129 Å². The Labute approximate surface area is 225 Å². The van der Waals surface area contributed by atoms with Crippen LogP contribution in [0.15, 0.2) is 87.6 Å². The van der Waals surface area contributed by atoms with E-state index in [4.69, 9.17) is 0 Å². The van der Waals surface area contributed by atoms with Crippen molar-refractivity contribution in [2.75, 3.05) is 22.5 Å². The summed E-state index contributed by atoms with van der Waals surface area (Å²) in [7, 11) is 0. The van der Waals surface area contributed by atoms with Crippen LogP contribution in [0, 0.1) is 21.8 Å². The number of anilines is 2. The molecule has 2 atom stereocenters. The van der Waals surface area contributed by atoms with Gasteiger partial charge in [0.2, 0.25) is 11.8 Å². The number of amidine groups is 1. The van der Waals surface area contributed by atoms with Gasteiger partial charge in [-0.2, -0.15) is 0 Å². The second-order valence-corrected chi connectivity index (χ2v) is 10.5. The standard InChI is InChI=1S/C25H21FN6O4S2/c26-15-6-8-19(9-7-15)38-20-11-16(10-18(12-20)32(35)36)28-22(33)14-37-25-29-23-21(13-27-30-23)24(34)31(25)17-4-2-1-3-5-17/h1-12,21,23,27,30H,13-14H2,(H,28,33). The summed E-state index contributed by atoms with van der Waals surface area (Å²) in [6.45, 7) is 0.444. The van der Waals surface area contributed by atoms with E-state index in [1.165, 1.54) is 40.9 Å². The van der Waals surface area contributed by atoms with Gasteiger partial charge >= 0.3 is 0 Å². The monoisotopic (exact) mass is 552 g/mol. The number of amides is 2. The van der Waals surface area contributed by atoms with Gasteiger partial charge in [0, 0.05) is 34.2 Å². The number of fused-ring (bicyclic) bond motifs is 1. The van der Waals surface area contributed by atoms with Crippen LogP contribution in [0.1, 0.15) is 0 Å². The Morgan fingerprint density at radius 2 is 1.89 bits per heavy atom. The molecule has 10 nitrogen and oxygen atoms in total. The number of carbonyl (C=O) groups is 2. The van der Waals surface area contributed by atoms with E-state index in [9.17, 15) is 24.1 Å². The highest BCUT2D eigenvalue weighted by molar-refractivity contribution is 8.14. The number of rotatable bonds is 7. The summed E-state index contributed by atoms with van der Waals surface area (Å²) in [6, 6.07) is 19.1. The number of non-ortho nitro benzene ring substituents is 1. The van der Waals surface area contributed by atoms with Gasteiger partial charge in [-0.15, -0.1) is 0 Å². The first-order valence-electron chi connectivity index (χ1n) is 11.5. The zero-order chi connectivity index (χ0) is 26.6. The van der Waals surface area contributed by atoms with Gasteiger partial charge < -0.3 is 5.32 Å². The van der Waals surface area contributed by atoms with Crippen molar-refractivity contribution in [2.24, 2.45) is 10.9 Å². The number of nitro benzene ring substituents is 1. The number of carbonyl (C=O) groups excluding carboxylic acids is 2.